The highest BCUT2D eigenvalue weighted by molar-refractivity contribution is 7.12. The van der Waals surface area contributed by atoms with Gasteiger partial charge in [0.2, 0.25) is 0 Å². The average Bonchev–Trinajstić information content (AvgIpc) is 2.59. The average molecular weight is 206 g/mol. The van der Waals surface area contributed by atoms with Crippen molar-refractivity contribution in [3.63, 3.8) is 0 Å². The standard InChI is InChI=1S/C11H14N2S/c1-11(5-2-6-11)13-8-10-4-3-9(7-12)14-10/h3-4,13H,2,5-6,8H2,1H3. The number of nitrogens with one attached hydrogen (secondary N) is 1. The van der Waals surface area contributed by atoms with Gasteiger partial charge in [-0.05, 0) is 38.3 Å². The van der Waals surface area contributed by atoms with Crippen LogP contribution in [0.1, 0.15) is 35.9 Å². The molecule has 0 radical (unpaired) electrons. The van der Waals surface area contributed by atoms with Crippen LogP contribution in [0.15, 0.2) is 12.1 Å². The van der Waals surface area contributed by atoms with Gasteiger partial charge < -0.3 is 5.32 Å². The summed E-state index contributed by atoms with van der Waals surface area (Å²) in [6.45, 7) is 3.18. The lowest BCUT2D eigenvalue weighted by atomic mass is 9.78. The van der Waals surface area contributed by atoms with Gasteiger partial charge >= 0.3 is 0 Å². The van der Waals surface area contributed by atoms with Crippen molar-refractivity contribution >= 4 is 11.3 Å². The van der Waals surface area contributed by atoms with Crippen molar-refractivity contribution in [2.45, 2.75) is 38.3 Å². The molecule has 2 nitrogen and oxygen atoms in total. The molecule has 0 amide bonds. The zero-order valence-electron chi connectivity index (χ0n) is 8.34. The summed E-state index contributed by atoms with van der Waals surface area (Å²) in [6, 6.07) is 6.10. The van der Waals surface area contributed by atoms with E-state index in [4.69, 9.17) is 5.26 Å². The SMILES string of the molecule is CC1(NCc2ccc(C#N)s2)CCC1. The molecule has 0 aromatic carbocycles. The van der Waals surface area contributed by atoms with Crippen LogP contribution in [-0.2, 0) is 6.54 Å². The predicted molar refractivity (Wildman–Crippen MR) is 58.1 cm³/mol. The molecule has 1 aliphatic carbocycles. The number of rotatable bonds is 3. The molecule has 1 fully saturated rings. The Kier molecular flexibility index (Phi) is 2.58. The molecule has 1 saturated carbocycles. The molecule has 14 heavy (non-hydrogen) atoms. The smallest absolute Gasteiger partial charge is 0.110 e. The summed E-state index contributed by atoms with van der Waals surface area (Å²) in [5, 5.41) is 12.2. The van der Waals surface area contributed by atoms with Crippen molar-refractivity contribution in [2.24, 2.45) is 0 Å². The topological polar surface area (TPSA) is 35.8 Å². The Bertz CT molecular complexity index is 358. The van der Waals surface area contributed by atoms with Crippen LogP contribution < -0.4 is 5.32 Å². The molecule has 74 valence electrons. The quantitative estimate of drug-likeness (QED) is 0.825. The number of nitriles is 1. The summed E-state index contributed by atoms with van der Waals surface area (Å²) >= 11 is 1.58. The van der Waals surface area contributed by atoms with E-state index in [0.717, 1.165) is 11.4 Å². The summed E-state index contributed by atoms with van der Waals surface area (Å²) in [6.07, 6.45) is 3.91. The summed E-state index contributed by atoms with van der Waals surface area (Å²) in [7, 11) is 0. The Labute approximate surface area is 88.6 Å². The molecule has 3 heteroatoms. The number of hydrogen-bond acceptors (Lipinski definition) is 3. The maximum atomic E-state index is 8.68. The third-order valence-electron chi connectivity index (χ3n) is 2.92. The third-order valence-corrected chi connectivity index (χ3v) is 3.91. The van der Waals surface area contributed by atoms with E-state index in [1.165, 1.54) is 24.1 Å². The van der Waals surface area contributed by atoms with Gasteiger partial charge in [-0.1, -0.05) is 0 Å². The molecular formula is C11H14N2S. The van der Waals surface area contributed by atoms with Crippen molar-refractivity contribution < 1.29 is 0 Å². The molecular weight excluding hydrogens is 192 g/mol. The second-order valence-corrected chi connectivity index (χ2v) is 5.31. The highest BCUT2D eigenvalue weighted by atomic mass is 32.1. The van der Waals surface area contributed by atoms with Gasteiger partial charge in [-0.15, -0.1) is 11.3 Å². The first-order chi connectivity index (χ1) is 6.72. The van der Waals surface area contributed by atoms with Crippen molar-refractivity contribution in [1.82, 2.24) is 5.32 Å². The van der Waals surface area contributed by atoms with Crippen molar-refractivity contribution in [3.8, 4) is 6.07 Å². The molecule has 0 atom stereocenters. The van der Waals surface area contributed by atoms with Gasteiger partial charge in [-0.2, -0.15) is 5.26 Å². The lowest BCUT2D eigenvalue weighted by molar-refractivity contribution is 0.207. The first kappa shape index (κ1) is 9.70. The van der Waals surface area contributed by atoms with E-state index in [9.17, 15) is 0 Å². The predicted octanol–water partition coefficient (Wildman–Crippen LogP) is 2.65. The normalized spacial score (nSPS) is 18.6. The van der Waals surface area contributed by atoms with Crippen LogP contribution in [0.5, 0.6) is 0 Å². The molecule has 0 bridgehead atoms. The largest absolute Gasteiger partial charge is 0.307 e. The lowest BCUT2D eigenvalue weighted by Crippen LogP contribution is -2.47. The van der Waals surface area contributed by atoms with Crippen molar-refractivity contribution in [1.29, 1.82) is 5.26 Å². The van der Waals surface area contributed by atoms with Gasteiger partial charge in [0.15, 0.2) is 0 Å². The fourth-order valence-corrected chi connectivity index (χ4v) is 2.46. The highest BCUT2D eigenvalue weighted by Gasteiger charge is 2.30. The minimum absolute atomic E-state index is 0.358. The molecule has 0 saturated heterocycles. The molecule has 1 aromatic heterocycles. The second-order valence-electron chi connectivity index (χ2n) is 4.15. The molecule has 1 aliphatic rings. The monoisotopic (exact) mass is 206 g/mol. The Morgan fingerprint density at radius 2 is 2.36 bits per heavy atom. The van der Waals surface area contributed by atoms with E-state index in [1.54, 1.807) is 11.3 Å². The first-order valence-corrected chi connectivity index (χ1v) is 5.77. The molecule has 1 N–H and O–H groups in total. The Morgan fingerprint density at radius 1 is 1.57 bits per heavy atom. The van der Waals surface area contributed by atoms with E-state index >= 15 is 0 Å². The van der Waals surface area contributed by atoms with Crippen molar-refractivity contribution in [2.75, 3.05) is 0 Å². The zero-order chi connectivity index (χ0) is 10.0. The van der Waals surface area contributed by atoms with Gasteiger partial charge in [-0.3, -0.25) is 0 Å². The van der Waals surface area contributed by atoms with Gasteiger partial charge in [-0.25, -0.2) is 0 Å². The Hall–Kier alpha value is -0.850. The number of thiophene rings is 1. The van der Waals surface area contributed by atoms with Gasteiger partial charge in [0, 0.05) is 17.0 Å². The van der Waals surface area contributed by atoms with Crippen LogP contribution in [-0.4, -0.2) is 5.54 Å². The second kappa shape index (κ2) is 3.72. The van der Waals surface area contributed by atoms with Crippen LogP contribution in [0.2, 0.25) is 0 Å². The minimum atomic E-state index is 0.358. The lowest BCUT2D eigenvalue weighted by Gasteiger charge is -2.39. The molecule has 0 aliphatic heterocycles. The third kappa shape index (κ3) is 1.97. The molecule has 1 heterocycles. The maximum Gasteiger partial charge on any atom is 0.110 e. The van der Waals surface area contributed by atoms with E-state index in [0.29, 0.717) is 5.54 Å². The minimum Gasteiger partial charge on any atom is -0.307 e. The molecule has 0 spiro atoms. The zero-order valence-corrected chi connectivity index (χ0v) is 9.16. The summed E-state index contributed by atoms with van der Waals surface area (Å²) in [4.78, 5) is 2.07. The van der Waals surface area contributed by atoms with E-state index in [2.05, 4.69) is 18.3 Å². The van der Waals surface area contributed by atoms with Crippen LogP contribution in [0.4, 0.5) is 0 Å². The van der Waals surface area contributed by atoms with Crippen molar-refractivity contribution in [3.05, 3.63) is 21.9 Å². The first-order valence-electron chi connectivity index (χ1n) is 4.96. The van der Waals surface area contributed by atoms with Gasteiger partial charge in [0.1, 0.15) is 10.9 Å². The maximum absolute atomic E-state index is 8.68. The van der Waals surface area contributed by atoms with E-state index < -0.39 is 0 Å². The van der Waals surface area contributed by atoms with E-state index in [-0.39, 0.29) is 0 Å². The fraction of sp³-hybridized carbons (Fsp3) is 0.545. The Balaban J connectivity index is 1.89. The van der Waals surface area contributed by atoms with Gasteiger partial charge in [0.05, 0.1) is 0 Å². The van der Waals surface area contributed by atoms with Crippen LogP contribution >= 0.6 is 11.3 Å². The van der Waals surface area contributed by atoms with Crippen LogP contribution in [0.25, 0.3) is 0 Å². The number of nitrogens with zero attached hydrogens (tertiary/aromatic N) is 1. The molecule has 0 unspecified atom stereocenters. The van der Waals surface area contributed by atoms with Crippen LogP contribution in [0, 0.1) is 11.3 Å². The molecule has 1 aromatic rings. The molecule has 2 rings (SSSR count). The fourth-order valence-electron chi connectivity index (χ4n) is 1.72. The van der Waals surface area contributed by atoms with Gasteiger partial charge in [0.25, 0.3) is 0 Å². The highest BCUT2D eigenvalue weighted by Crippen LogP contribution is 2.31. The summed E-state index contributed by atoms with van der Waals surface area (Å²) in [5.74, 6) is 0. The summed E-state index contributed by atoms with van der Waals surface area (Å²) in [5.41, 5.74) is 0.358. The van der Waals surface area contributed by atoms with Crippen LogP contribution in [0.3, 0.4) is 0 Å². The Morgan fingerprint density at radius 3 is 2.86 bits per heavy atom. The van der Waals surface area contributed by atoms with E-state index in [1.807, 2.05) is 12.1 Å². The number of hydrogen-bond donors (Lipinski definition) is 1. The summed E-state index contributed by atoms with van der Waals surface area (Å²) < 4.78 is 0.